The molecular formula is C12H17NO5S. The van der Waals surface area contributed by atoms with Crippen LogP contribution in [-0.4, -0.2) is 32.6 Å². The second-order valence-corrected chi connectivity index (χ2v) is 6.31. The van der Waals surface area contributed by atoms with Crippen molar-refractivity contribution in [3.05, 3.63) is 23.8 Å². The molecule has 2 N–H and O–H groups in total. The van der Waals surface area contributed by atoms with Gasteiger partial charge in [-0.05, 0) is 31.0 Å². The summed E-state index contributed by atoms with van der Waals surface area (Å²) in [5.41, 5.74) is 0.681. The zero-order valence-corrected chi connectivity index (χ0v) is 11.4. The SMILES string of the molecule is CCS(=O)(=O)NCCC(O)c1ccc2c(c1)OCO2. The summed E-state index contributed by atoms with van der Waals surface area (Å²) in [6, 6.07) is 5.19. The lowest BCUT2D eigenvalue weighted by atomic mass is 10.1. The molecule has 1 aromatic carbocycles. The van der Waals surface area contributed by atoms with Crippen LogP contribution in [0.4, 0.5) is 0 Å². The maximum atomic E-state index is 11.2. The molecule has 0 amide bonds. The first-order chi connectivity index (χ1) is 9.02. The third-order valence-corrected chi connectivity index (χ3v) is 4.31. The van der Waals surface area contributed by atoms with Crippen LogP contribution in [0.3, 0.4) is 0 Å². The van der Waals surface area contributed by atoms with E-state index in [0.717, 1.165) is 0 Å². The molecule has 1 aliphatic rings. The summed E-state index contributed by atoms with van der Waals surface area (Å²) in [4.78, 5) is 0. The summed E-state index contributed by atoms with van der Waals surface area (Å²) in [7, 11) is -3.21. The second kappa shape index (κ2) is 5.77. The number of aliphatic hydroxyl groups excluding tert-OH is 1. The van der Waals surface area contributed by atoms with Gasteiger partial charge in [-0.2, -0.15) is 0 Å². The maximum absolute atomic E-state index is 11.2. The Morgan fingerprint density at radius 2 is 2.11 bits per heavy atom. The van der Waals surface area contributed by atoms with E-state index in [4.69, 9.17) is 9.47 Å². The van der Waals surface area contributed by atoms with Gasteiger partial charge in [0.1, 0.15) is 0 Å². The molecule has 0 fully saturated rings. The molecule has 0 radical (unpaired) electrons. The number of nitrogens with one attached hydrogen (secondary N) is 1. The Hall–Kier alpha value is -1.31. The molecule has 2 rings (SSSR count). The number of rotatable bonds is 6. The van der Waals surface area contributed by atoms with Gasteiger partial charge in [0.2, 0.25) is 16.8 Å². The number of sulfonamides is 1. The Kier molecular flexibility index (Phi) is 4.28. The number of ether oxygens (including phenoxy) is 2. The van der Waals surface area contributed by atoms with Crippen LogP contribution in [0.1, 0.15) is 25.0 Å². The van der Waals surface area contributed by atoms with Crippen molar-refractivity contribution in [2.24, 2.45) is 0 Å². The van der Waals surface area contributed by atoms with Gasteiger partial charge in [0, 0.05) is 6.54 Å². The fourth-order valence-corrected chi connectivity index (χ4v) is 2.37. The smallest absolute Gasteiger partial charge is 0.231 e. The molecule has 7 heteroatoms. The van der Waals surface area contributed by atoms with Gasteiger partial charge in [0.25, 0.3) is 0 Å². The molecule has 1 heterocycles. The number of benzene rings is 1. The van der Waals surface area contributed by atoms with E-state index < -0.39 is 16.1 Å². The molecule has 1 aliphatic heterocycles. The third-order valence-electron chi connectivity index (χ3n) is 2.90. The number of hydrogen-bond acceptors (Lipinski definition) is 5. The maximum Gasteiger partial charge on any atom is 0.231 e. The number of fused-ring (bicyclic) bond motifs is 1. The second-order valence-electron chi connectivity index (χ2n) is 4.21. The standard InChI is InChI=1S/C12H17NO5S/c1-2-19(15,16)13-6-5-10(14)9-3-4-11-12(7-9)18-8-17-11/h3-4,7,10,13-14H,2,5-6,8H2,1H3. The molecule has 1 aromatic rings. The highest BCUT2D eigenvalue weighted by Crippen LogP contribution is 2.34. The summed E-state index contributed by atoms with van der Waals surface area (Å²) < 4.78 is 35.3. The minimum Gasteiger partial charge on any atom is -0.454 e. The fraction of sp³-hybridized carbons (Fsp3) is 0.500. The predicted octanol–water partition coefficient (Wildman–Crippen LogP) is 0.778. The van der Waals surface area contributed by atoms with Crippen molar-refractivity contribution < 1.29 is 23.0 Å². The number of aliphatic hydroxyl groups is 1. The van der Waals surface area contributed by atoms with Crippen LogP contribution in [0, 0.1) is 0 Å². The predicted molar refractivity (Wildman–Crippen MR) is 69.6 cm³/mol. The summed E-state index contributed by atoms with van der Waals surface area (Å²) in [6.07, 6.45) is -0.437. The van der Waals surface area contributed by atoms with Crippen molar-refractivity contribution in [1.29, 1.82) is 0 Å². The molecule has 0 saturated heterocycles. The van der Waals surface area contributed by atoms with Crippen LogP contribution in [0.5, 0.6) is 11.5 Å². The lowest BCUT2D eigenvalue weighted by Gasteiger charge is -2.12. The first kappa shape index (κ1) is 14.1. The minimum absolute atomic E-state index is 0.0348. The average Bonchev–Trinajstić information content (AvgIpc) is 2.85. The van der Waals surface area contributed by atoms with Gasteiger partial charge in [-0.3, -0.25) is 0 Å². The Morgan fingerprint density at radius 1 is 1.37 bits per heavy atom. The van der Waals surface area contributed by atoms with E-state index in [1.165, 1.54) is 0 Å². The van der Waals surface area contributed by atoms with Crippen LogP contribution in [0.15, 0.2) is 18.2 Å². The number of hydrogen-bond donors (Lipinski definition) is 2. The third kappa shape index (κ3) is 3.59. The van der Waals surface area contributed by atoms with E-state index in [1.54, 1.807) is 25.1 Å². The van der Waals surface area contributed by atoms with Crippen LogP contribution in [0.25, 0.3) is 0 Å². The first-order valence-electron chi connectivity index (χ1n) is 6.07. The molecule has 0 aromatic heterocycles. The quantitative estimate of drug-likeness (QED) is 0.807. The highest BCUT2D eigenvalue weighted by atomic mass is 32.2. The van der Waals surface area contributed by atoms with E-state index in [2.05, 4.69) is 4.72 Å². The molecule has 1 unspecified atom stereocenters. The summed E-state index contributed by atoms with van der Waals surface area (Å²) in [6.45, 7) is 1.95. The van der Waals surface area contributed by atoms with E-state index in [0.29, 0.717) is 23.5 Å². The van der Waals surface area contributed by atoms with Gasteiger partial charge in [0.05, 0.1) is 11.9 Å². The molecule has 106 valence electrons. The zero-order chi connectivity index (χ0) is 13.9. The van der Waals surface area contributed by atoms with Crippen molar-refractivity contribution in [2.45, 2.75) is 19.4 Å². The van der Waals surface area contributed by atoms with E-state index in [-0.39, 0.29) is 19.1 Å². The van der Waals surface area contributed by atoms with Crippen molar-refractivity contribution in [2.75, 3.05) is 19.1 Å². The van der Waals surface area contributed by atoms with Crippen LogP contribution >= 0.6 is 0 Å². The molecular weight excluding hydrogens is 270 g/mol. The van der Waals surface area contributed by atoms with Crippen molar-refractivity contribution in [1.82, 2.24) is 4.72 Å². The van der Waals surface area contributed by atoms with Gasteiger partial charge < -0.3 is 14.6 Å². The lowest BCUT2D eigenvalue weighted by Crippen LogP contribution is -2.27. The molecule has 0 saturated carbocycles. The highest BCUT2D eigenvalue weighted by molar-refractivity contribution is 7.89. The van der Waals surface area contributed by atoms with Gasteiger partial charge in [-0.15, -0.1) is 0 Å². The molecule has 0 spiro atoms. The highest BCUT2D eigenvalue weighted by Gasteiger charge is 2.17. The summed E-state index contributed by atoms with van der Waals surface area (Å²) in [5.74, 6) is 1.29. The van der Waals surface area contributed by atoms with Crippen LogP contribution in [0.2, 0.25) is 0 Å². The Morgan fingerprint density at radius 3 is 2.84 bits per heavy atom. The normalized spacial score (nSPS) is 15.5. The van der Waals surface area contributed by atoms with Gasteiger partial charge in [0.15, 0.2) is 11.5 Å². The monoisotopic (exact) mass is 287 g/mol. The molecule has 1 atom stereocenters. The van der Waals surface area contributed by atoms with Crippen molar-refractivity contribution in [3.63, 3.8) is 0 Å². The summed E-state index contributed by atoms with van der Waals surface area (Å²) >= 11 is 0. The largest absolute Gasteiger partial charge is 0.454 e. The van der Waals surface area contributed by atoms with Gasteiger partial charge in [-0.25, -0.2) is 13.1 Å². The Balaban J connectivity index is 1.91. The lowest BCUT2D eigenvalue weighted by molar-refractivity contribution is 0.166. The molecule has 19 heavy (non-hydrogen) atoms. The minimum atomic E-state index is -3.21. The van der Waals surface area contributed by atoms with Crippen LogP contribution < -0.4 is 14.2 Å². The topological polar surface area (TPSA) is 84.9 Å². The first-order valence-corrected chi connectivity index (χ1v) is 7.72. The molecule has 6 nitrogen and oxygen atoms in total. The van der Waals surface area contributed by atoms with Crippen molar-refractivity contribution in [3.8, 4) is 11.5 Å². The van der Waals surface area contributed by atoms with Gasteiger partial charge >= 0.3 is 0 Å². The van der Waals surface area contributed by atoms with E-state index in [1.807, 2.05) is 0 Å². The average molecular weight is 287 g/mol. The Labute approximate surface area is 112 Å². The van der Waals surface area contributed by atoms with Gasteiger partial charge in [-0.1, -0.05) is 6.07 Å². The van der Waals surface area contributed by atoms with E-state index in [9.17, 15) is 13.5 Å². The van der Waals surface area contributed by atoms with E-state index >= 15 is 0 Å². The Bertz CT molecular complexity index is 543. The molecule has 0 bridgehead atoms. The summed E-state index contributed by atoms with van der Waals surface area (Å²) in [5, 5.41) is 9.99. The van der Waals surface area contributed by atoms with Crippen LogP contribution in [-0.2, 0) is 10.0 Å². The molecule has 0 aliphatic carbocycles. The fourth-order valence-electron chi connectivity index (χ4n) is 1.74. The zero-order valence-electron chi connectivity index (χ0n) is 10.6. The van der Waals surface area contributed by atoms with Crippen molar-refractivity contribution >= 4 is 10.0 Å².